The molecule has 0 aliphatic carbocycles. The molecular formula is C12H14F2O3. The van der Waals surface area contributed by atoms with Crippen LogP contribution < -0.4 is 4.74 Å². The third-order valence-electron chi connectivity index (χ3n) is 2.69. The summed E-state index contributed by atoms with van der Waals surface area (Å²) in [6, 6.07) is 2.75. The predicted molar refractivity (Wildman–Crippen MR) is 58.7 cm³/mol. The smallest absolute Gasteiger partial charge is 0.310 e. The van der Waals surface area contributed by atoms with Crippen LogP contribution in [0.1, 0.15) is 36.0 Å². The van der Waals surface area contributed by atoms with Crippen molar-refractivity contribution in [2.75, 3.05) is 7.11 Å². The lowest BCUT2D eigenvalue weighted by Gasteiger charge is -2.18. The zero-order valence-corrected chi connectivity index (χ0v) is 9.83. The quantitative estimate of drug-likeness (QED) is 0.885. The minimum absolute atomic E-state index is 0.0325. The lowest BCUT2D eigenvalue weighted by molar-refractivity contribution is -0.138. The van der Waals surface area contributed by atoms with Gasteiger partial charge < -0.3 is 9.84 Å². The maximum Gasteiger partial charge on any atom is 0.310 e. The zero-order valence-electron chi connectivity index (χ0n) is 9.83. The highest BCUT2D eigenvalue weighted by Gasteiger charge is 2.25. The summed E-state index contributed by atoms with van der Waals surface area (Å²) in [4.78, 5) is 11.0. The van der Waals surface area contributed by atoms with Crippen LogP contribution in [-0.2, 0) is 4.79 Å². The first kappa shape index (κ1) is 13.4. The Balaban J connectivity index is 3.45. The Labute approximate surface area is 98.0 Å². The number of aryl methyl sites for hydroxylation is 1. The number of hydrogen-bond donors (Lipinski definition) is 1. The van der Waals surface area contributed by atoms with Crippen molar-refractivity contribution in [1.82, 2.24) is 0 Å². The maximum absolute atomic E-state index is 12.8. The van der Waals surface area contributed by atoms with Gasteiger partial charge in [-0.2, -0.15) is 0 Å². The summed E-state index contributed by atoms with van der Waals surface area (Å²) in [5.74, 6) is -1.99. The van der Waals surface area contributed by atoms with Gasteiger partial charge in [-0.15, -0.1) is 0 Å². The number of carbonyl (C=O) groups is 1. The second kappa shape index (κ2) is 5.12. The van der Waals surface area contributed by atoms with Crippen molar-refractivity contribution in [2.45, 2.75) is 26.2 Å². The number of carboxylic acid groups (broad SMARTS) is 1. The van der Waals surface area contributed by atoms with E-state index in [1.54, 1.807) is 6.92 Å². The van der Waals surface area contributed by atoms with Gasteiger partial charge in [-0.1, -0.05) is 6.07 Å². The van der Waals surface area contributed by atoms with Crippen molar-refractivity contribution < 1.29 is 23.4 Å². The van der Waals surface area contributed by atoms with Gasteiger partial charge in [-0.3, -0.25) is 4.79 Å². The van der Waals surface area contributed by atoms with Crippen molar-refractivity contribution in [3.05, 3.63) is 28.8 Å². The van der Waals surface area contributed by atoms with E-state index in [4.69, 9.17) is 9.84 Å². The van der Waals surface area contributed by atoms with Crippen LogP contribution in [0, 0.1) is 6.92 Å². The summed E-state index contributed by atoms with van der Waals surface area (Å²) < 4.78 is 30.5. The second-order valence-corrected chi connectivity index (χ2v) is 3.78. The molecule has 3 nitrogen and oxygen atoms in total. The average Bonchev–Trinajstić information content (AvgIpc) is 2.26. The molecule has 0 bridgehead atoms. The Hall–Kier alpha value is -1.65. The third kappa shape index (κ3) is 2.54. The van der Waals surface area contributed by atoms with Gasteiger partial charge in [0.25, 0.3) is 6.43 Å². The number of hydrogen-bond acceptors (Lipinski definition) is 2. The normalized spacial score (nSPS) is 12.6. The zero-order chi connectivity index (χ0) is 13.2. The van der Waals surface area contributed by atoms with Gasteiger partial charge >= 0.3 is 5.97 Å². The highest BCUT2D eigenvalue weighted by molar-refractivity contribution is 5.77. The van der Waals surface area contributed by atoms with Crippen LogP contribution in [0.3, 0.4) is 0 Å². The van der Waals surface area contributed by atoms with Gasteiger partial charge in [0.2, 0.25) is 0 Å². The number of methoxy groups -OCH3 is 1. The van der Waals surface area contributed by atoms with Crippen molar-refractivity contribution in [2.24, 2.45) is 0 Å². The highest BCUT2D eigenvalue weighted by Crippen LogP contribution is 2.37. The molecule has 5 heteroatoms. The molecule has 0 radical (unpaired) electrons. The van der Waals surface area contributed by atoms with E-state index in [1.165, 1.54) is 26.2 Å². The molecule has 1 aromatic carbocycles. The highest BCUT2D eigenvalue weighted by atomic mass is 19.3. The van der Waals surface area contributed by atoms with E-state index in [0.717, 1.165) is 0 Å². The summed E-state index contributed by atoms with van der Waals surface area (Å²) in [5, 5.41) is 8.97. The van der Waals surface area contributed by atoms with Gasteiger partial charge in [0.15, 0.2) is 0 Å². The Morgan fingerprint density at radius 3 is 2.41 bits per heavy atom. The molecule has 0 fully saturated rings. The standard InChI is InChI=1S/C12H14F2O3/c1-6-4-5-8(11(13)14)10(17-3)9(6)7(2)12(15)16/h4-5,7,11H,1-3H3,(H,15,16). The Morgan fingerprint density at radius 1 is 1.41 bits per heavy atom. The summed E-state index contributed by atoms with van der Waals surface area (Å²) in [7, 11) is 1.26. The monoisotopic (exact) mass is 244 g/mol. The first-order chi connectivity index (χ1) is 7.90. The topological polar surface area (TPSA) is 46.5 Å². The molecule has 0 amide bonds. The number of alkyl halides is 2. The summed E-state index contributed by atoms with van der Waals surface area (Å²) >= 11 is 0. The van der Waals surface area contributed by atoms with E-state index >= 15 is 0 Å². The van der Waals surface area contributed by atoms with E-state index < -0.39 is 18.3 Å². The van der Waals surface area contributed by atoms with E-state index in [-0.39, 0.29) is 11.3 Å². The fraction of sp³-hybridized carbons (Fsp3) is 0.417. The molecule has 0 heterocycles. The van der Waals surface area contributed by atoms with Crippen LogP contribution in [0.15, 0.2) is 12.1 Å². The number of benzene rings is 1. The molecule has 1 N–H and O–H groups in total. The molecule has 1 atom stereocenters. The SMILES string of the molecule is COc1c(C(F)F)ccc(C)c1C(C)C(=O)O. The van der Waals surface area contributed by atoms with Gasteiger partial charge in [0, 0.05) is 5.56 Å². The van der Waals surface area contributed by atoms with Crippen LogP contribution in [0.4, 0.5) is 8.78 Å². The minimum atomic E-state index is -2.69. The van der Waals surface area contributed by atoms with Gasteiger partial charge in [0.1, 0.15) is 5.75 Å². The second-order valence-electron chi connectivity index (χ2n) is 3.78. The third-order valence-corrected chi connectivity index (χ3v) is 2.69. The summed E-state index contributed by atoms with van der Waals surface area (Å²) in [6.45, 7) is 3.12. The van der Waals surface area contributed by atoms with Crippen LogP contribution in [0.2, 0.25) is 0 Å². The number of carboxylic acids is 1. The molecule has 1 rings (SSSR count). The maximum atomic E-state index is 12.8. The Morgan fingerprint density at radius 2 is 2.00 bits per heavy atom. The van der Waals surface area contributed by atoms with E-state index in [2.05, 4.69) is 0 Å². The van der Waals surface area contributed by atoms with Crippen LogP contribution in [-0.4, -0.2) is 18.2 Å². The summed E-state index contributed by atoms with van der Waals surface area (Å²) in [6.07, 6.45) is -2.69. The first-order valence-electron chi connectivity index (χ1n) is 5.08. The van der Waals surface area contributed by atoms with Crippen LogP contribution >= 0.6 is 0 Å². The van der Waals surface area contributed by atoms with Crippen molar-refractivity contribution in [1.29, 1.82) is 0 Å². The molecular weight excluding hydrogens is 230 g/mol. The fourth-order valence-electron chi connectivity index (χ4n) is 1.78. The molecule has 1 unspecified atom stereocenters. The lowest BCUT2D eigenvalue weighted by atomic mass is 9.93. The molecule has 94 valence electrons. The van der Waals surface area contributed by atoms with Gasteiger partial charge in [0.05, 0.1) is 18.6 Å². The fourth-order valence-corrected chi connectivity index (χ4v) is 1.78. The van der Waals surface area contributed by atoms with E-state index in [0.29, 0.717) is 11.1 Å². The lowest BCUT2D eigenvalue weighted by Crippen LogP contribution is -2.12. The van der Waals surface area contributed by atoms with Gasteiger partial charge in [-0.25, -0.2) is 8.78 Å². The molecule has 0 saturated heterocycles. The summed E-state index contributed by atoms with van der Waals surface area (Å²) in [5.41, 5.74) is 0.653. The molecule has 17 heavy (non-hydrogen) atoms. The first-order valence-corrected chi connectivity index (χ1v) is 5.08. The number of aliphatic carboxylic acids is 1. The van der Waals surface area contributed by atoms with Crippen molar-refractivity contribution >= 4 is 5.97 Å². The van der Waals surface area contributed by atoms with E-state index in [1.807, 2.05) is 0 Å². The predicted octanol–water partition coefficient (Wildman–Crippen LogP) is 3.13. The molecule has 1 aromatic rings. The molecule has 0 aromatic heterocycles. The van der Waals surface area contributed by atoms with Crippen LogP contribution in [0.5, 0.6) is 5.75 Å². The minimum Gasteiger partial charge on any atom is -0.496 e. The largest absolute Gasteiger partial charge is 0.496 e. The molecule has 0 saturated carbocycles. The number of rotatable bonds is 4. The van der Waals surface area contributed by atoms with Crippen LogP contribution in [0.25, 0.3) is 0 Å². The van der Waals surface area contributed by atoms with Crippen molar-refractivity contribution in [3.63, 3.8) is 0 Å². The molecule has 0 aliphatic heterocycles. The number of ether oxygens (including phenoxy) is 1. The number of halogens is 2. The molecule has 0 spiro atoms. The van der Waals surface area contributed by atoms with E-state index in [9.17, 15) is 13.6 Å². The van der Waals surface area contributed by atoms with Crippen molar-refractivity contribution in [3.8, 4) is 5.75 Å². The molecule has 0 aliphatic rings. The Bertz CT molecular complexity index is 430. The Kier molecular flexibility index (Phi) is 4.04. The average molecular weight is 244 g/mol. The van der Waals surface area contributed by atoms with Gasteiger partial charge in [-0.05, 0) is 25.5 Å².